The van der Waals surface area contributed by atoms with Gasteiger partial charge in [0.05, 0.1) is 6.04 Å². The summed E-state index contributed by atoms with van der Waals surface area (Å²) in [4.78, 5) is 51.1. The van der Waals surface area contributed by atoms with Crippen molar-refractivity contribution in [1.82, 2.24) is 10.6 Å². The molecule has 33 heavy (non-hydrogen) atoms. The number of amides is 2. The molecule has 0 saturated heterocycles. The maximum absolute atomic E-state index is 13.6. The van der Waals surface area contributed by atoms with Crippen LogP contribution in [0.1, 0.15) is 79.1 Å². The van der Waals surface area contributed by atoms with Gasteiger partial charge in [0.2, 0.25) is 5.91 Å². The van der Waals surface area contributed by atoms with Gasteiger partial charge in [0, 0.05) is 11.8 Å². The van der Waals surface area contributed by atoms with Gasteiger partial charge in [-0.1, -0.05) is 40.5 Å². The number of ketones is 1. The zero-order valence-electron chi connectivity index (χ0n) is 20.2. The fourth-order valence-electron chi connectivity index (χ4n) is 6.21. The third kappa shape index (κ3) is 4.76. The van der Waals surface area contributed by atoms with Crippen molar-refractivity contribution in [3.63, 3.8) is 0 Å². The van der Waals surface area contributed by atoms with E-state index < -0.39 is 40.9 Å². The predicted molar refractivity (Wildman–Crippen MR) is 120 cm³/mol. The maximum Gasteiger partial charge on any atom is 0.408 e. The molecule has 8 heteroatoms. The van der Waals surface area contributed by atoms with E-state index in [9.17, 15) is 24.3 Å². The molecular formula is C25H38N2O6. The number of ether oxygens (including phenoxy) is 1. The van der Waals surface area contributed by atoms with Crippen LogP contribution in [0.15, 0.2) is 0 Å². The van der Waals surface area contributed by atoms with Gasteiger partial charge in [0.1, 0.15) is 11.6 Å². The molecule has 4 rings (SSSR count). The molecule has 4 aliphatic carbocycles. The zero-order valence-corrected chi connectivity index (χ0v) is 20.2. The molecule has 2 unspecified atom stereocenters. The molecule has 8 nitrogen and oxygen atoms in total. The molecule has 3 N–H and O–H groups in total. The van der Waals surface area contributed by atoms with Crippen molar-refractivity contribution in [3.05, 3.63) is 0 Å². The van der Waals surface area contributed by atoms with Gasteiger partial charge < -0.3 is 20.5 Å². The number of fused-ring (bicyclic) bond motifs is 1. The number of carbonyl (C=O) groups is 4. The molecule has 0 aromatic carbocycles. The van der Waals surface area contributed by atoms with Gasteiger partial charge in [0.25, 0.3) is 0 Å². The Kier molecular flexibility index (Phi) is 6.25. The number of carboxylic acids is 1. The number of carboxylic acid groups (broad SMARTS) is 1. The second-order valence-electron chi connectivity index (χ2n) is 11.8. The highest BCUT2D eigenvalue weighted by Gasteiger charge is 2.61. The fourth-order valence-corrected chi connectivity index (χ4v) is 6.21. The molecule has 0 bridgehead atoms. The first-order chi connectivity index (χ1) is 15.5. The van der Waals surface area contributed by atoms with Crippen molar-refractivity contribution >= 4 is 23.8 Å². The standard InChI is InChI=1S/C25H38N2O6/c1-5-15-12-25(15,22(30)31)27-21(29)18-8-6-7-17(18)19(28)20(24(2,3)4)26-23(32)33-16-10-13-9-14(13)11-16/h13-18,20H,5-12H2,1-4H3,(H,26,32)(H,27,29)(H,30,31)/t13-,14+,15?,16+,17?,18-,20-,25-/m1/s1. The molecule has 0 aliphatic heterocycles. The minimum atomic E-state index is -1.20. The smallest absolute Gasteiger partial charge is 0.408 e. The first-order valence-corrected chi connectivity index (χ1v) is 12.5. The van der Waals surface area contributed by atoms with Crippen LogP contribution in [0, 0.1) is 35.0 Å². The van der Waals surface area contributed by atoms with Crippen molar-refractivity contribution in [1.29, 1.82) is 0 Å². The van der Waals surface area contributed by atoms with E-state index in [4.69, 9.17) is 4.74 Å². The van der Waals surface area contributed by atoms with Crippen LogP contribution in [-0.2, 0) is 19.1 Å². The Bertz CT molecular complexity index is 825. The van der Waals surface area contributed by atoms with Gasteiger partial charge in [0.15, 0.2) is 5.78 Å². The summed E-state index contributed by atoms with van der Waals surface area (Å²) in [6.07, 6.45) is 5.33. The van der Waals surface area contributed by atoms with Crippen LogP contribution in [0.2, 0.25) is 0 Å². The van der Waals surface area contributed by atoms with Crippen molar-refractivity contribution in [3.8, 4) is 0 Å². The van der Waals surface area contributed by atoms with Crippen LogP contribution in [0.5, 0.6) is 0 Å². The molecule has 8 atom stereocenters. The number of Topliss-reactive ketones (excluding diaryl/α,β-unsaturated/α-hetero) is 1. The topological polar surface area (TPSA) is 122 Å². The van der Waals surface area contributed by atoms with Gasteiger partial charge >= 0.3 is 12.1 Å². The minimum absolute atomic E-state index is 0.0742. The van der Waals surface area contributed by atoms with E-state index >= 15 is 0 Å². The summed E-state index contributed by atoms with van der Waals surface area (Å²) in [5.41, 5.74) is -1.75. The van der Waals surface area contributed by atoms with E-state index in [1.165, 1.54) is 6.42 Å². The Morgan fingerprint density at radius 2 is 1.70 bits per heavy atom. The summed E-state index contributed by atoms with van der Waals surface area (Å²) in [6, 6.07) is -0.780. The second-order valence-corrected chi connectivity index (χ2v) is 11.8. The van der Waals surface area contributed by atoms with Crippen molar-refractivity contribution in [2.75, 3.05) is 0 Å². The molecule has 0 spiro atoms. The first-order valence-electron chi connectivity index (χ1n) is 12.5. The summed E-state index contributed by atoms with van der Waals surface area (Å²) in [6.45, 7) is 7.58. The highest BCUT2D eigenvalue weighted by Crippen LogP contribution is 2.52. The van der Waals surface area contributed by atoms with Gasteiger partial charge in [-0.25, -0.2) is 9.59 Å². The second kappa shape index (κ2) is 8.58. The summed E-state index contributed by atoms with van der Waals surface area (Å²) in [5.74, 6) is -1.35. The molecule has 184 valence electrons. The molecule has 4 aliphatic rings. The van der Waals surface area contributed by atoms with Crippen molar-refractivity contribution in [2.24, 2.45) is 35.0 Å². The molecule has 0 aromatic rings. The van der Waals surface area contributed by atoms with Crippen LogP contribution in [-0.4, -0.2) is 46.5 Å². The van der Waals surface area contributed by atoms with Gasteiger partial charge in [-0.15, -0.1) is 0 Å². The van der Waals surface area contributed by atoms with Gasteiger partial charge in [-0.05, 0) is 61.7 Å². The normalized spacial score (nSPS) is 37.6. The molecule has 4 fully saturated rings. The van der Waals surface area contributed by atoms with E-state index in [-0.39, 0.29) is 23.7 Å². The molecule has 4 saturated carbocycles. The monoisotopic (exact) mass is 462 g/mol. The average Bonchev–Trinajstić information content (AvgIpc) is 3.50. The highest BCUT2D eigenvalue weighted by atomic mass is 16.6. The van der Waals surface area contributed by atoms with Gasteiger partial charge in [-0.3, -0.25) is 9.59 Å². The third-order valence-electron chi connectivity index (χ3n) is 8.43. The highest BCUT2D eigenvalue weighted by molar-refractivity contribution is 5.96. The molecule has 0 heterocycles. The van der Waals surface area contributed by atoms with Crippen LogP contribution < -0.4 is 10.6 Å². The third-order valence-corrected chi connectivity index (χ3v) is 8.43. The lowest BCUT2D eigenvalue weighted by molar-refractivity contribution is -0.145. The molecule has 0 radical (unpaired) electrons. The van der Waals surface area contributed by atoms with Crippen LogP contribution >= 0.6 is 0 Å². The lowest BCUT2D eigenvalue weighted by atomic mass is 9.77. The molecular weight excluding hydrogens is 424 g/mol. The Balaban J connectivity index is 1.41. The average molecular weight is 463 g/mol. The Morgan fingerprint density at radius 3 is 2.24 bits per heavy atom. The quantitative estimate of drug-likeness (QED) is 0.509. The number of hydrogen-bond donors (Lipinski definition) is 3. The molecule has 0 aromatic heterocycles. The Labute approximate surface area is 195 Å². The minimum Gasteiger partial charge on any atom is -0.479 e. The van der Waals surface area contributed by atoms with E-state index in [0.29, 0.717) is 37.5 Å². The number of hydrogen-bond acceptors (Lipinski definition) is 5. The number of carbonyl (C=O) groups excluding carboxylic acids is 3. The van der Waals surface area contributed by atoms with E-state index in [2.05, 4.69) is 10.6 Å². The first kappa shape index (κ1) is 24.0. The summed E-state index contributed by atoms with van der Waals surface area (Å²) in [5, 5.41) is 15.2. The van der Waals surface area contributed by atoms with Crippen LogP contribution in [0.4, 0.5) is 4.79 Å². The zero-order chi connectivity index (χ0) is 24.1. The fraction of sp³-hybridized carbons (Fsp3) is 0.840. The summed E-state index contributed by atoms with van der Waals surface area (Å²) < 4.78 is 5.60. The lowest BCUT2D eigenvalue weighted by Crippen LogP contribution is -2.54. The largest absolute Gasteiger partial charge is 0.479 e. The van der Waals surface area contributed by atoms with E-state index in [1.807, 2.05) is 27.7 Å². The predicted octanol–water partition coefficient (Wildman–Crippen LogP) is 3.28. The van der Waals surface area contributed by atoms with Gasteiger partial charge in [-0.2, -0.15) is 0 Å². The number of alkyl carbamates (subject to hydrolysis) is 1. The van der Waals surface area contributed by atoms with Crippen molar-refractivity contribution in [2.45, 2.75) is 96.7 Å². The van der Waals surface area contributed by atoms with Crippen LogP contribution in [0.25, 0.3) is 0 Å². The summed E-state index contributed by atoms with van der Waals surface area (Å²) in [7, 11) is 0. The maximum atomic E-state index is 13.6. The summed E-state index contributed by atoms with van der Waals surface area (Å²) >= 11 is 0. The van der Waals surface area contributed by atoms with E-state index in [1.54, 1.807) is 0 Å². The number of nitrogens with one attached hydrogen (secondary N) is 2. The van der Waals surface area contributed by atoms with Crippen LogP contribution in [0.3, 0.4) is 0 Å². The number of aliphatic carboxylic acids is 1. The van der Waals surface area contributed by atoms with E-state index in [0.717, 1.165) is 19.3 Å². The Morgan fingerprint density at radius 1 is 1.06 bits per heavy atom. The van der Waals surface area contributed by atoms with Crippen molar-refractivity contribution < 1.29 is 29.0 Å². The molecule has 2 amide bonds. The SMILES string of the molecule is CCC1C[C@]1(NC(=O)[C@@H]1CCCC1C(=O)[C@@H](NC(=O)O[C@@H]1C[C@@H]2C[C@@H]2C1)C(C)(C)C)C(=O)O. The Hall–Kier alpha value is -2.12. The lowest BCUT2D eigenvalue weighted by Gasteiger charge is -2.33. The number of rotatable bonds is 8.